The van der Waals surface area contributed by atoms with E-state index in [2.05, 4.69) is 20.9 Å². The monoisotopic (exact) mass is 534 g/mol. The molecule has 0 saturated heterocycles. The quantitative estimate of drug-likeness (QED) is 0.231. The number of para-hydroxylation sites is 1. The molecule has 6 nitrogen and oxygen atoms in total. The van der Waals surface area contributed by atoms with Crippen molar-refractivity contribution < 1.29 is 22.7 Å². The van der Waals surface area contributed by atoms with Gasteiger partial charge in [0, 0.05) is 13.0 Å². The maximum atomic E-state index is 13.6. The number of nitrogens with zero attached hydrogens (tertiary/aromatic N) is 1. The minimum atomic E-state index is -1.64. The fraction of sp³-hybridized carbons (Fsp3) is 0.300. The molecular formula is C20H22F3IN4O2. The molecule has 2 aromatic carbocycles. The Morgan fingerprint density at radius 1 is 1.13 bits per heavy atom. The molecule has 1 amide bonds. The number of hydrogen-bond donors (Lipinski definition) is 3. The fourth-order valence-corrected chi connectivity index (χ4v) is 2.88. The predicted molar refractivity (Wildman–Crippen MR) is 119 cm³/mol. The number of nitrogens with one attached hydrogen (secondary N) is 3. The predicted octanol–water partition coefficient (Wildman–Crippen LogP) is 3.22. The summed E-state index contributed by atoms with van der Waals surface area (Å²) in [5.41, 5.74) is 0.688. The minimum Gasteiger partial charge on any atom is -0.488 e. The number of fused-ring (bicyclic) bond motifs is 1. The van der Waals surface area contributed by atoms with Gasteiger partial charge in [-0.25, -0.2) is 18.2 Å². The van der Waals surface area contributed by atoms with E-state index in [4.69, 9.17) is 4.74 Å². The van der Waals surface area contributed by atoms with Gasteiger partial charge in [0.25, 0.3) is 0 Å². The van der Waals surface area contributed by atoms with Gasteiger partial charge in [-0.1, -0.05) is 18.2 Å². The lowest BCUT2D eigenvalue weighted by Gasteiger charge is -2.15. The highest BCUT2D eigenvalue weighted by Gasteiger charge is 2.22. The summed E-state index contributed by atoms with van der Waals surface area (Å²) in [6, 6.07) is 9.48. The van der Waals surface area contributed by atoms with Crippen LogP contribution >= 0.6 is 24.0 Å². The zero-order valence-corrected chi connectivity index (χ0v) is 18.5. The highest BCUT2D eigenvalue weighted by Crippen LogP contribution is 2.27. The van der Waals surface area contributed by atoms with Crippen LogP contribution in [0.4, 0.5) is 18.9 Å². The highest BCUT2D eigenvalue weighted by atomic mass is 127. The van der Waals surface area contributed by atoms with Crippen molar-refractivity contribution in [3.8, 4) is 5.75 Å². The lowest BCUT2D eigenvalue weighted by molar-refractivity contribution is -0.114. The van der Waals surface area contributed by atoms with Crippen molar-refractivity contribution in [1.82, 2.24) is 10.6 Å². The van der Waals surface area contributed by atoms with Crippen molar-refractivity contribution in [3.05, 3.63) is 59.4 Å². The molecule has 3 N–H and O–H groups in total. The molecule has 0 aromatic heterocycles. The van der Waals surface area contributed by atoms with Gasteiger partial charge in [-0.05, 0) is 30.7 Å². The number of amides is 1. The average Bonchev–Trinajstić information content (AvgIpc) is 3.13. The van der Waals surface area contributed by atoms with Crippen molar-refractivity contribution >= 4 is 41.5 Å². The molecule has 3 rings (SSSR count). The van der Waals surface area contributed by atoms with Crippen LogP contribution in [0.1, 0.15) is 12.5 Å². The van der Waals surface area contributed by atoms with Gasteiger partial charge in [0.15, 0.2) is 23.4 Å². The molecule has 1 aliphatic heterocycles. The maximum Gasteiger partial charge on any atom is 0.246 e. The Hall–Kier alpha value is -2.50. The molecule has 0 saturated carbocycles. The second kappa shape index (κ2) is 11.0. The van der Waals surface area contributed by atoms with Crippen molar-refractivity contribution in [2.24, 2.45) is 4.99 Å². The SMILES string of the molecule is CCNC(=NCC(=O)Nc1ccc(F)c(F)c1F)NCC1Cc2ccccc2O1.I. The van der Waals surface area contributed by atoms with Crippen LogP contribution in [-0.4, -0.2) is 37.6 Å². The summed E-state index contributed by atoms with van der Waals surface area (Å²) < 4.78 is 45.7. The first-order valence-corrected chi connectivity index (χ1v) is 9.18. The van der Waals surface area contributed by atoms with E-state index >= 15 is 0 Å². The smallest absolute Gasteiger partial charge is 0.246 e. The van der Waals surface area contributed by atoms with E-state index in [1.165, 1.54) is 0 Å². The molecule has 0 radical (unpaired) electrons. The van der Waals surface area contributed by atoms with Gasteiger partial charge in [0.05, 0.1) is 12.2 Å². The van der Waals surface area contributed by atoms with Gasteiger partial charge >= 0.3 is 0 Å². The summed E-state index contributed by atoms with van der Waals surface area (Å²) in [7, 11) is 0. The summed E-state index contributed by atoms with van der Waals surface area (Å²) >= 11 is 0. The van der Waals surface area contributed by atoms with Crippen LogP contribution in [0.5, 0.6) is 5.75 Å². The van der Waals surface area contributed by atoms with Gasteiger partial charge < -0.3 is 20.7 Å². The van der Waals surface area contributed by atoms with Gasteiger partial charge in [-0.15, -0.1) is 24.0 Å². The molecule has 162 valence electrons. The van der Waals surface area contributed by atoms with Crippen LogP contribution in [0.3, 0.4) is 0 Å². The number of benzene rings is 2. The molecule has 30 heavy (non-hydrogen) atoms. The van der Waals surface area contributed by atoms with Gasteiger partial charge in [0.2, 0.25) is 5.91 Å². The molecule has 1 unspecified atom stereocenters. The van der Waals surface area contributed by atoms with Gasteiger partial charge in [0.1, 0.15) is 18.4 Å². The third-order valence-corrected chi connectivity index (χ3v) is 4.25. The summed E-state index contributed by atoms with van der Waals surface area (Å²) in [6.07, 6.45) is 0.694. The minimum absolute atomic E-state index is 0. The number of aliphatic imine (C=N–C) groups is 1. The Bertz CT molecular complexity index is 902. The van der Waals surface area contributed by atoms with Crippen LogP contribution in [0.15, 0.2) is 41.4 Å². The van der Waals surface area contributed by atoms with E-state index < -0.39 is 29.0 Å². The van der Waals surface area contributed by atoms with Crippen LogP contribution in [0.2, 0.25) is 0 Å². The van der Waals surface area contributed by atoms with Crippen molar-refractivity contribution in [2.75, 3.05) is 25.0 Å². The first-order chi connectivity index (χ1) is 14.0. The molecule has 1 heterocycles. The van der Waals surface area contributed by atoms with Crippen LogP contribution < -0.4 is 20.7 Å². The number of carbonyl (C=O) groups excluding carboxylic acids is 1. The Morgan fingerprint density at radius 2 is 1.90 bits per heavy atom. The summed E-state index contributed by atoms with van der Waals surface area (Å²) in [6.45, 7) is 2.58. The number of rotatable bonds is 6. The lowest BCUT2D eigenvalue weighted by Crippen LogP contribution is -2.42. The molecule has 1 aliphatic rings. The summed E-state index contributed by atoms with van der Waals surface area (Å²) in [4.78, 5) is 16.1. The topological polar surface area (TPSA) is 74.8 Å². The van der Waals surface area contributed by atoms with Crippen LogP contribution in [0, 0.1) is 17.5 Å². The summed E-state index contributed by atoms with van der Waals surface area (Å²) in [5, 5.41) is 8.27. The molecule has 0 spiro atoms. The van der Waals surface area contributed by atoms with Gasteiger partial charge in [-0.3, -0.25) is 4.79 Å². The van der Waals surface area contributed by atoms with Crippen LogP contribution in [0.25, 0.3) is 0 Å². The molecule has 10 heteroatoms. The Labute approximate surface area is 189 Å². The zero-order valence-electron chi connectivity index (χ0n) is 16.2. The maximum absolute atomic E-state index is 13.6. The number of halogens is 4. The van der Waals surface area contributed by atoms with E-state index in [1.54, 1.807) is 0 Å². The number of hydrogen-bond acceptors (Lipinski definition) is 3. The lowest BCUT2D eigenvalue weighted by atomic mass is 10.1. The number of carbonyl (C=O) groups is 1. The Kier molecular flexibility index (Phi) is 8.75. The molecule has 0 fully saturated rings. The molecule has 2 aromatic rings. The third kappa shape index (κ3) is 6.00. The molecule has 0 aliphatic carbocycles. The average molecular weight is 534 g/mol. The zero-order chi connectivity index (χ0) is 20.8. The van der Waals surface area contributed by atoms with E-state index in [0.717, 1.165) is 29.9 Å². The van der Waals surface area contributed by atoms with E-state index in [9.17, 15) is 18.0 Å². The fourth-order valence-electron chi connectivity index (χ4n) is 2.88. The van der Waals surface area contributed by atoms with Crippen molar-refractivity contribution in [1.29, 1.82) is 0 Å². The van der Waals surface area contributed by atoms with E-state index in [1.807, 2.05) is 31.2 Å². The van der Waals surface area contributed by atoms with Crippen LogP contribution in [-0.2, 0) is 11.2 Å². The first-order valence-electron chi connectivity index (χ1n) is 9.18. The Morgan fingerprint density at radius 3 is 2.63 bits per heavy atom. The second-order valence-corrected chi connectivity index (χ2v) is 6.40. The normalized spacial score (nSPS) is 14.9. The second-order valence-electron chi connectivity index (χ2n) is 6.40. The Balaban J connectivity index is 0.00000320. The molecular weight excluding hydrogens is 512 g/mol. The van der Waals surface area contributed by atoms with E-state index in [-0.39, 0.29) is 36.6 Å². The van der Waals surface area contributed by atoms with Crippen molar-refractivity contribution in [2.45, 2.75) is 19.4 Å². The number of ether oxygens (including phenoxy) is 1. The van der Waals surface area contributed by atoms with E-state index in [0.29, 0.717) is 19.0 Å². The number of guanidine groups is 1. The first kappa shape index (κ1) is 23.8. The highest BCUT2D eigenvalue weighted by molar-refractivity contribution is 14.0. The number of anilines is 1. The molecule has 0 bridgehead atoms. The molecule has 1 atom stereocenters. The third-order valence-electron chi connectivity index (χ3n) is 4.25. The van der Waals surface area contributed by atoms with Gasteiger partial charge in [-0.2, -0.15) is 0 Å². The van der Waals surface area contributed by atoms with Crippen molar-refractivity contribution in [3.63, 3.8) is 0 Å². The standard InChI is InChI=1S/C20H21F3N4O2.HI/c1-2-24-20(25-10-13-9-12-5-3-4-6-16(12)29-13)26-11-17(28)27-15-8-7-14(21)18(22)19(15)23;/h3-8,13H,2,9-11H2,1H3,(H,27,28)(H2,24,25,26);1H. The largest absolute Gasteiger partial charge is 0.488 e. The summed E-state index contributed by atoms with van der Waals surface area (Å²) in [5.74, 6) is -3.85.